The Morgan fingerprint density at radius 1 is 1.40 bits per heavy atom. The maximum Gasteiger partial charge on any atom is 0.124 e. The Hall–Kier alpha value is -0.670. The van der Waals surface area contributed by atoms with Gasteiger partial charge in [0.1, 0.15) is 6.29 Å². The topological polar surface area (TPSA) is 26.3 Å². The van der Waals surface area contributed by atoms with Crippen LogP contribution in [0, 0.1) is 0 Å². The summed E-state index contributed by atoms with van der Waals surface area (Å²) < 4.78 is 6.52. The molecular weight excluding hydrogens is 256 g/mol. The van der Waals surface area contributed by atoms with E-state index in [9.17, 15) is 4.79 Å². The van der Waals surface area contributed by atoms with Crippen LogP contribution in [0.4, 0.5) is 0 Å². The van der Waals surface area contributed by atoms with Crippen molar-refractivity contribution in [1.29, 1.82) is 0 Å². The van der Waals surface area contributed by atoms with Gasteiger partial charge in [0.15, 0.2) is 0 Å². The van der Waals surface area contributed by atoms with E-state index in [1.54, 1.807) is 0 Å². The van der Waals surface area contributed by atoms with Gasteiger partial charge in [-0.25, -0.2) is 0 Å². The molecule has 0 amide bonds. The number of hydrogen-bond donors (Lipinski definition) is 0. The lowest BCUT2D eigenvalue weighted by Gasteiger charge is -2.11. The molecule has 1 rings (SSSR count). The van der Waals surface area contributed by atoms with E-state index < -0.39 is 0 Å². The Morgan fingerprint density at radius 3 is 2.73 bits per heavy atom. The van der Waals surface area contributed by atoms with Gasteiger partial charge in [0.05, 0.1) is 12.7 Å². The van der Waals surface area contributed by atoms with Crippen LogP contribution in [-0.4, -0.2) is 12.4 Å². The van der Waals surface area contributed by atoms with Crippen molar-refractivity contribution in [1.82, 2.24) is 0 Å². The van der Waals surface area contributed by atoms with E-state index in [0.29, 0.717) is 13.0 Å². The molecule has 0 aliphatic rings. The average Bonchev–Trinajstić information content (AvgIpc) is 2.17. The second-order valence-electron chi connectivity index (χ2n) is 3.64. The lowest BCUT2D eigenvalue weighted by atomic mass is 10.1. The second-order valence-corrected chi connectivity index (χ2v) is 4.56. The minimum atomic E-state index is 0.206. The first-order valence-electron chi connectivity index (χ1n) is 4.96. The third kappa shape index (κ3) is 4.14. The molecule has 1 aromatic carbocycles. The quantitative estimate of drug-likeness (QED) is 0.769. The molecule has 0 saturated carbocycles. The zero-order valence-corrected chi connectivity index (χ0v) is 10.6. The molecule has 0 radical (unpaired) electrons. The molecule has 0 atom stereocenters. The summed E-state index contributed by atoms with van der Waals surface area (Å²) in [6, 6.07) is 5.92. The number of ether oxygens (including phenoxy) is 1. The molecular formula is C12H15BrO2. The molecule has 0 spiro atoms. The second kappa shape index (κ2) is 6.03. The normalized spacial score (nSPS) is 10.7. The number of halogens is 1. The first-order chi connectivity index (χ1) is 7.13. The summed E-state index contributed by atoms with van der Waals surface area (Å²) in [5.74, 6) is 0. The minimum absolute atomic E-state index is 0.206. The van der Waals surface area contributed by atoms with Crippen LogP contribution < -0.4 is 0 Å². The van der Waals surface area contributed by atoms with E-state index in [0.717, 1.165) is 21.9 Å². The van der Waals surface area contributed by atoms with Crippen LogP contribution in [0.25, 0.3) is 0 Å². The highest BCUT2D eigenvalue weighted by atomic mass is 79.9. The van der Waals surface area contributed by atoms with Crippen molar-refractivity contribution in [3.63, 3.8) is 0 Å². The zero-order chi connectivity index (χ0) is 11.3. The molecule has 0 fully saturated rings. The highest BCUT2D eigenvalue weighted by Gasteiger charge is 2.04. The first kappa shape index (κ1) is 12.4. The molecule has 0 bridgehead atoms. The summed E-state index contributed by atoms with van der Waals surface area (Å²) in [4.78, 5) is 10.5. The summed E-state index contributed by atoms with van der Waals surface area (Å²) in [6.45, 7) is 4.56. The van der Waals surface area contributed by atoms with Crippen molar-refractivity contribution >= 4 is 22.2 Å². The van der Waals surface area contributed by atoms with Gasteiger partial charge in [0.25, 0.3) is 0 Å². The first-order valence-corrected chi connectivity index (χ1v) is 5.75. The standard InChI is InChI=1S/C12H15BrO2/c1-9(2)15-8-11-3-4-12(13)7-10(11)5-6-14/h3-4,6-7,9H,5,8H2,1-2H3. The number of carbonyl (C=O) groups is 1. The molecule has 3 heteroatoms. The van der Waals surface area contributed by atoms with Gasteiger partial charge >= 0.3 is 0 Å². The fourth-order valence-electron chi connectivity index (χ4n) is 1.27. The van der Waals surface area contributed by atoms with Crippen molar-refractivity contribution in [2.24, 2.45) is 0 Å². The van der Waals surface area contributed by atoms with Crippen LogP contribution in [0.3, 0.4) is 0 Å². The zero-order valence-electron chi connectivity index (χ0n) is 9.00. The fraction of sp³-hybridized carbons (Fsp3) is 0.417. The molecule has 1 aromatic rings. The lowest BCUT2D eigenvalue weighted by Crippen LogP contribution is -2.04. The molecule has 0 unspecified atom stereocenters. The summed E-state index contributed by atoms with van der Waals surface area (Å²) in [7, 11) is 0. The van der Waals surface area contributed by atoms with Crippen molar-refractivity contribution in [2.45, 2.75) is 33.0 Å². The largest absolute Gasteiger partial charge is 0.374 e. The van der Waals surface area contributed by atoms with E-state index in [1.807, 2.05) is 32.0 Å². The number of aldehydes is 1. The van der Waals surface area contributed by atoms with E-state index in [1.165, 1.54) is 0 Å². The van der Waals surface area contributed by atoms with Crippen LogP contribution in [-0.2, 0) is 22.6 Å². The number of hydrogen-bond acceptors (Lipinski definition) is 2. The van der Waals surface area contributed by atoms with Crippen molar-refractivity contribution in [3.05, 3.63) is 33.8 Å². The maximum absolute atomic E-state index is 10.5. The van der Waals surface area contributed by atoms with Crippen LogP contribution >= 0.6 is 15.9 Å². The third-order valence-corrected chi connectivity index (χ3v) is 2.54. The number of carbonyl (C=O) groups excluding carboxylic acids is 1. The van der Waals surface area contributed by atoms with Gasteiger partial charge in [-0.3, -0.25) is 0 Å². The highest BCUT2D eigenvalue weighted by Crippen LogP contribution is 2.18. The van der Waals surface area contributed by atoms with Crippen LogP contribution in [0.2, 0.25) is 0 Å². The van der Waals surface area contributed by atoms with Crippen molar-refractivity contribution < 1.29 is 9.53 Å². The van der Waals surface area contributed by atoms with Crippen molar-refractivity contribution in [2.75, 3.05) is 0 Å². The third-order valence-electron chi connectivity index (χ3n) is 2.04. The Labute approximate surface area is 98.8 Å². The van der Waals surface area contributed by atoms with E-state index in [4.69, 9.17) is 4.74 Å². The van der Waals surface area contributed by atoms with Gasteiger partial charge in [-0.2, -0.15) is 0 Å². The molecule has 82 valence electrons. The smallest absolute Gasteiger partial charge is 0.124 e. The van der Waals surface area contributed by atoms with E-state index in [-0.39, 0.29) is 6.10 Å². The Kier molecular flexibility index (Phi) is 4.99. The molecule has 0 aliphatic carbocycles. The van der Waals surface area contributed by atoms with E-state index in [2.05, 4.69) is 15.9 Å². The summed E-state index contributed by atoms with van der Waals surface area (Å²) >= 11 is 3.39. The van der Waals surface area contributed by atoms with Gasteiger partial charge in [-0.05, 0) is 37.1 Å². The van der Waals surface area contributed by atoms with E-state index >= 15 is 0 Å². The molecule has 0 heterocycles. The molecule has 15 heavy (non-hydrogen) atoms. The van der Waals surface area contributed by atoms with Crippen LogP contribution in [0.1, 0.15) is 25.0 Å². The summed E-state index contributed by atoms with van der Waals surface area (Å²) in [5.41, 5.74) is 2.11. The summed E-state index contributed by atoms with van der Waals surface area (Å²) in [6.07, 6.45) is 1.56. The van der Waals surface area contributed by atoms with Crippen LogP contribution in [0.5, 0.6) is 0 Å². The molecule has 0 aliphatic heterocycles. The summed E-state index contributed by atoms with van der Waals surface area (Å²) in [5, 5.41) is 0. The molecule has 0 aromatic heterocycles. The molecule has 0 saturated heterocycles. The van der Waals surface area contributed by atoms with Gasteiger partial charge in [-0.15, -0.1) is 0 Å². The number of rotatable bonds is 5. The Balaban J connectivity index is 2.80. The minimum Gasteiger partial charge on any atom is -0.374 e. The average molecular weight is 271 g/mol. The number of benzene rings is 1. The van der Waals surface area contributed by atoms with Crippen LogP contribution in [0.15, 0.2) is 22.7 Å². The van der Waals surface area contributed by atoms with Gasteiger partial charge in [-0.1, -0.05) is 22.0 Å². The fourth-order valence-corrected chi connectivity index (χ4v) is 1.68. The SMILES string of the molecule is CC(C)OCc1ccc(Br)cc1CC=O. The lowest BCUT2D eigenvalue weighted by molar-refractivity contribution is -0.107. The highest BCUT2D eigenvalue weighted by molar-refractivity contribution is 9.10. The predicted molar refractivity (Wildman–Crippen MR) is 63.8 cm³/mol. The molecule has 2 nitrogen and oxygen atoms in total. The van der Waals surface area contributed by atoms with Gasteiger partial charge in [0, 0.05) is 10.9 Å². The van der Waals surface area contributed by atoms with Crippen molar-refractivity contribution in [3.8, 4) is 0 Å². The van der Waals surface area contributed by atoms with Gasteiger partial charge in [0.2, 0.25) is 0 Å². The Morgan fingerprint density at radius 2 is 2.13 bits per heavy atom. The predicted octanol–water partition coefficient (Wildman–Crippen LogP) is 3.12. The van der Waals surface area contributed by atoms with Gasteiger partial charge < -0.3 is 9.53 Å². The molecule has 0 N–H and O–H groups in total. The monoisotopic (exact) mass is 270 g/mol. The maximum atomic E-state index is 10.5. The Bertz CT molecular complexity index is 334.